The summed E-state index contributed by atoms with van der Waals surface area (Å²) in [4.78, 5) is 24.5. The molecule has 1 aliphatic heterocycles. The van der Waals surface area contributed by atoms with Crippen molar-refractivity contribution in [2.24, 2.45) is 0 Å². The summed E-state index contributed by atoms with van der Waals surface area (Å²) in [6, 6.07) is 5.19. The maximum Gasteiger partial charge on any atom is 0.314 e. The fourth-order valence-corrected chi connectivity index (χ4v) is 1.93. The Morgan fingerprint density at radius 2 is 2.06 bits per heavy atom. The summed E-state index contributed by atoms with van der Waals surface area (Å²) in [6.07, 6.45) is 0.255. The molecule has 6 heteroatoms. The molecule has 2 N–H and O–H groups in total. The SMILES string of the molecule is CNC(=O)N[C@@H]1CC(=O)N(c2ccc(F)cc2)C1. The van der Waals surface area contributed by atoms with E-state index in [-0.39, 0.29) is 30.2 Å². The van der Waals surface area contributed by atoms with Crippen LogP contribution in [0.25, 0.3) is 0 Å². The molecule has 0 spiro atoms. The van der Waals surface area contributed by atoms with E-state index in [0.717, 1.165) is 0 Å². The van der Waals surface area contributed by atoms with Gasteiger partial charge in [0, 0.05) is 25.7 Å². The smallest absolute Gasteiger partial charge is 0.314 e. The van der Waals surface area contributed by atoms with Gasteiger partial charge in [-0.25, -0.2) is 9.18 Å². The lowest BCUT2D eigenvalue weighted by Gasteiger charge is -2.17. The first-order valence-corrected chi connectivity index (χ1v) is 5.64. The van der Waals surface area contributed by atoms with Crippen LogP contribution in [0.4, 0.5) is 14.9 Å². The van der Waals surface area contributed by atoms with Gasteiger partial charge in [0.05, 0.1) is 6.04 Å². The van der Waals surface area contributed by atoms with Gasteiger partial charge in [0.2, 0.25) is 5.91 Å². The molecule has 5 nitrogen and oxygen atoms in total. The number of urea groups is 1. The van der Waals surface area contributed by atoms with Gasteiger partial charge in [-0.05, 0) is 24.3 Å². The third-order valence-corrected chi connectivity index (χ3v) is 2.83. The number of hydrogen-bond acceptors (Lipinski definition) is 2. The maximum atomic E-state index is 12.8. The van der Waals surface area contributed by atoms with Crippen LogP contribution in [0.5, 0.6) is 0 Å². The third-order valence-electron chi connectivity index (χ3n) is 2.83. The van der Waals surface area contributed by atoms with Gasteiger partial charge in [0.15, 0.2) is 0 Å². The highest BCUT2D eigenvalue weighted by Gasteiger charge is 2.31. The molecule has 18 heavy (non-hydrogen) atoms. The monoisotopic (exact) mass is 251 g/mol. The van der Waals surface area contributed by atoms with E-state index in [1.165, 1.54) is 19.2 Å². The quantitative estimate of drug-likeness (QED) is 0.819. The Hall–Kier alpha value is -2.11. The van der Waals surface area contributed by atoms with Crippen LogP contribution in [-0.4, -0.2) is 31.6 Å². The Morgan fingerprint density at radius 3 is 2.67 bits per heavy atom. The number of hydrogen-bond donors (Lipinski definition) is 2. The summed E-state index contributed by atoms with van der Waals surface area (Å²) >= 11 is 0. The molecular weight excluding hydrogens is 237 g/mol. The first-order valence-electron chi connectivity index (χ1n) is 5.64. The van der Waals surface area contributed by atoms with Gasteiger partial charge in [-0.15, -0.1) is 0 Å². The number of carbonyl (C=O) groups is 2. The Morgan fingerprint density at radius 1 is 1.39 bits per heavy atom. The lowest BCUT2D eigenvalue weighted by atomic mass is 10.2. The molecule has 0 aliphatic carbocycles. The van der Waals surface area contributed by atoms with Gasteiger partial charge >= 0.3 is 6.03 Å². The van der Waals surface area contributed by atoms with Gasteiger partial charge in [-0.2, -0.15) is 0 Å². The largest absolute Gasteiger partial charge is 0.341 e. The number of nitrogens with zero attached hydrogens (tertiary/aromatic N) is 1. The minimum absolute atomic E-state index is 0.0805. The Labute approximate surface area is 104 Å². The second kappa shape index (κ2) is 5.03. The van der Waals surface area contributed by atoms with Gasteiger partial charge < -0.3 is 15.5 Å². The van der Waals surface area contributed by atoms with Gasteiger partial charge in [-0.3, -0.25) is 4.79 Å². The van der Waals surface area contributed by atoms with Crippen molar-refractivity contribution in [1.82, 2.24) is 10.6 Å². The first kappa shape index (κ1) is 12.3. The molecule has 1 aliphatic rings. The number of anilines is 1. The van der Waals surface area contributed by atoms with E-state index in [4.69, 9.17) is 0 Å². The summed E-state index contributed by atoms with van der Waals surface area (Å²) < 4.78 is 12.8. The van der Waals surface area contributed by atoms with E-state index < -0.39 is 0 Å². The maximum absolute atomic E-state index is 12.8. The van der Waals surface area contributed by atoms with Crippen molar-refractivity contribution in [3.05, 3.63) is 30.1 Å². The summed E-state index contributed by atoms with van der Waals surface area (Å²) in [5, 5.41) is 5.12. The van der Waals surface area contributed by atoms with Crippen LogP contribution in [0.3, 0.4) is 0 Å². The Balaban J connectivity index is 2.05. The predicted molar refractivity (Wildman–Crippen MR) is 64.7 cm³/mol. The van der Waals surface area contributed by atoms with E-state index >= 15 is 0 Å². The highest BCUT2D eigenvalue weighted by atomic mass is 19.1. The highest BCUT2D eigenvalue weighted by molar-refractivity contribution is 5.96. The molecule has 0 bridgehead atoms. The average Bonchev–Trinajstić information content (AvgIpc) is 2.71. The summed E-state index contributed by atoms with van der Waals surface area (Å²) in [6.45, 7) is 0.401. The first-order chi connectivity index (χ1) is 8.60. The molecule has 1 atom stereocenters. The van der Waals surface area contributed by atoms with Gasteiger partial charge in [0.1, 0.15) is 5.82 Å². The second-order valence-corrected chi connectivity index (χ2v) is 4.11. The minimum Gasteiger partial charge on any atom is -0.341 e. The Kier molecular flexibility index (Phi) is 3.45. The van der Waals surface area contributed by atoms with Gasteiger partial charge in [0.25, 0.3) is 0 Å². The zero-order valence-electron chi connectivity index (χ0n) is 9.94. The molecule has 1 aromatic rings. The van der Waals surface area contributed by atoms with Crippen molar-refractivity contribution in [3.8, 4) is 0 Å². The van der Waals surface area contributed by atoms with Crippen LogP contribution in [0.15, 0.2) is 24.3 Å². The number of amides is 3. The van der Waals surface area contributed by atoms with Gasteiger partial charge in [-0.1, -0.05) is 0 Å². The molecule has 1 aromatic carbocycles. The van der Waals surface area contributed by atoms with E-state index in [2.05, 4.69) is 10.6 Å². The molecular formula is C12H14FN3O2. The van der Waals surface area contributed by atoms with E-state index in [1.54, 1.807) is 17.0 Å². The average molecular weight is 251 g/mol. The predicted octanol–water partition coefficient (Wildman–Crippen LogP) is 0.860. The summed E-state index contributed by atoms with van der Waals surface area (Å²) in [7, 11) is 1.52. The van der Waals surface area contributed by atoms with Crippen molar-refractivity contribution < 1.29 is 14.0 Å². The van der Waals surface area contributed by atoms with Crippen LogP contribution >= 0.6 is 0 Å². The molecule has 0 unspecified atom stereocenters. The topological polar surface area (TPSA) is 61.4 Å². The number of nitrogens with one attached hydrogen (secondary N) is 2. The van der Waals surface area contributed by atoms with E-state index in [9.17, 15) is 14.0 Å². The molecule has 1 fully saturated rings. The van der Waals surface area contributed by atoms with Crippen LogP contribution in [0, 0.1) is 5.82 Å². The lowest BCUT2D eigenvalue weighted by molar-refractivity contribution is -0.117. The van der Waals surface area contributed by atoms with Crippen molar-refractivity contribution in [2.45, 2.75) is 12.5 Å². The fourth-order valence-electron chi connectivity index (χ4n) is 1.93. The summed E-state index contributed by atoms with van der Waals surface area (Å²) in [5.41, 5.74) is 0.641. The van der Waals surface area contributed by atoms with Crippen molar-refractivity contribution in [1.29, 1.82) is 0 Å². The van der Waals surface area contributed by atoms with Crippen molar-refractivity contribution in [2.75, 3.05) is 18.5 Å². The van der Waals surface area contributed by atoms with E-state index in [1.807, 2.05) is 0 Å². The number of rotatable bonds is 2. The minimum atomic E-state index is -0.342. The molecule has 1 heterocycles. The van der Waals surface area contributed by atoms with Crippen LogP contribution in [-0.2, 0) is 4.79 Å². The molecule has 0 radical (unpaired) electrons. The Bertz CT molecular complexity index is 461. The number of halogens is 1. The molecule has 3 amide bonds. The molecule has 0 saturated carbocycles. The zero-order chi connectivity index (χ0) is 13.1. The second-order valence-electron chi connectivity index (χ2n) is 4.11. The van der Waals surface area contributed by atoms with Crippen LogP contribution in [0.2, 0.25) is 0 Å². The van der Waals surface area contributed by atoms with Crippen LogP contribution < -0.4 is 15.5 Å². The van der Waals surface area contributed by atoms with Crippen molar-refractivity contribution in [3.63, 3.8) is 0 Å². The molecule has 96 valence electrons. The molecule has 0 aromatic heterocycles. The van der Waals surface area contributed by atoms with Crippen molar-refractivity contribution >= 4 is 17.6 Å². The standard InChI is InChI=1S/C12H14FN3O2/c1-14-12(18)15-9-6-11(17)16(7-9)10-4-2-8(13)3-5-10/h2-5,9H,6-7H2,1H3,(H2,14,15,18)/t9-/m1/s1. The molecule has 2 rings (SSSR count). The molecule has 1 saturated heterocycles. The fraction of sp³-hybridized carbons (Fsp3) is 0.333. The van der Waals surface area contributed by atoms with Crippen LogP contribution in [0.1, 0.15) is 6.42 Å². The number of carbonyl (C=O) groups excluding carboxylic acids is 2. The lowest BCUT2D eigenvalue weighted by Crippen LogP contribution is -2.41. The normalized spacial score (nSPS) is 18.9. The highest BCUT2D eigenvalue weighted by Crippen LogP contribution is 2.21. The summed E-state index contributed by atoms with van der Waals surface area (Å²) in [5.74, 6) is -0.423. The third kappa shape index (κ3) is 2.58. The van der Waals surface area contributed by atoms with E-state index in [0.29, 0.717) is 12.2 Å². The number of benzene rings is 1. The zero-order valence-corrected chi connectivity index (χ0v) is 9.94.